The second kappa shape index (κ2) is 6.18. The van der Waals surface area contributed by atoms with Crippen LogP contribution in [-0.2, 0) is 4.74 Å². The minimum absolute atomic E-state index is 0.190. The van der Waals surface area contributed by atoms with Gasteiger partial charge in [0.15, 0.2) is 0 Å². The largest absolute Gasteiger partial charge is 0.487 e. The van der Waals surface area contributed by atoms with E-state index in [1.54, 1.807) is 25.3 Å². The number of halogens is 2. The topological polar surface area (TPSA) is 44.5 Å². The smallest absolute Gasteiger partial charge is 0.134 e. The van der Waals surface area contributed by atoms with Crippen molar-refractivity contribution in [2.45, 2.75) is 6.10 Å². The highest BCUT2D eigenvalue weighted by molar-refractivity contribution is 6.34. The van der Waals surface area contributed by atoms with Gasteiger partial charge in [-0.3, -0.25) is 0 Å². The Morgan fingerprint density at radius 1 is 1.27 bits per heavy atom. The van der Waals surface area contributed by atoms with Crippen molar-refractivity contribution in [2.75, 3.05) is 20.3 Å². The molecule has 0 aliphatic rings. The Morgan fingerprint density at radius 3 is 2.33 bits per heavy atom. The molecule has 0 saturated heterocycles. The van der Waals surface area contributed by atoms with Crippen molar-refractivity contribution in [3.63, 3.8) is 0 Å². The van der Waals surface area contributed by atoms with E-state index in [0.29, 0.717) is 28.9 Å². The third kappa shape index (κ3) is 4.26. The molecule has 2 N–H and O–H groups in total. The van der Waals surface area contributed by atoms with Gasteiger partial charge in [-0.25, -0.2) is 0 Å². The maximum Gasteiger partial charge on any atom is 0.134 e. The number of methoxy groups -OCH3 is 1. The molecule has 15 heavy (non-hydrogen) atoms. The van der Waals surface area contributed by atoms with Gasteiger partial charge in [0.05, 0.1) is 6.61 Å². The third-order valence-electron chi connectivity index (χ3n) is 1.75. The van der Waals surface area contributed by atoms with Gasteiger partial charge in [0.1, 0.15) is 11.9 Å². The summed E-state index contributed by atoms with van der Waals surface area (Å²) in [7, 11) is 1.59. The Balaban J connectivity index is 2.69. The van der Waals surface area contributed by atoms with Crippen molar-refractivity contribution in [3.8, 4) is 5.75 Å². The molecule has 84 valence electrons. The lowest BCUT2D eigenvalue weighted by atomic mass is 10.3. The molecular formula is C10H13Cl2NO2. The summed E-state index contributed by atoms with van der Waals surface area (Å²) < 4.78 is 10.5. The molecule has 0 aromatic heterocycles. The molecule has 0 fully saturated rings. The summed E-state index contributed by atoms with van der Waals surface area (Å²) >= 11 is 11.7. The average Bonchev–Trinajstić information content (AvgIpc) is 2.15. The monoisotopic (exact) mass is 249 g/mol. The second-order valence-electron chi connectivity index (χ2n) is 3.04. The van der Waals surface area contributed by atoms with Crippen LogP contribution < -0.4 is 10.5 Å². The van der Waals surface area contributed by atoms with E-state index < -0.39 is 0 Å². The molecule has 0 amide bonds. The SMILES string of the molecule is COCC(CN)Oc1cc(Cl)cc(Cl)c1. The predicted molar refractivity (Wildman–Crippen MR) is 61.8 cm³/mol. The number of benzene rings is 1. The first-order chi connectivity index (χ1) is 7.15. The van der Waals surface area contributed by atoms with Gasteiger partial charge < -0.3 is 15.2 Å². The molecule has 1 rings (SSSR count). The lowest BCUT2D eigenvalue weighted by molar-refractivity contribution is 0.0860. The Kier molecular flexibility index (Phi) is 5.19. The van der Waals surface area contributed by atoms with Gasteiger partial charge in [0.25, 0.3) is 0 Å². The molecule has 0 aliphatic carbocycles. The van der Waals surface area contributed by atoms with Crippen LogP contribution in [0.25, 0.3) is 0 Å². The van der Waals surface area contributed by atoms with E-state index in [-0.39, 0.29) is 6.10 Å². The van der Waals surface area contributed by atoms with Crippen LogP contribution in [0.5, 0.6) is 5.75 Å². The lowest BCUT2D eigenvalue weighted by Gasteiger charge is -2.16. The summed E-state index contributed by atoms with van der Waals surface area (Å²) in [4.78, 5) is 0. The van der Waals surface area contributed by atoms with Gasteiger partial charge in [-0.2, -0.15) is 0 Å². The zero-order valence-electron chi connectivity index (χ0n) is 8.37. The molecule has 0 spiro atoms. The summed E-state index contributed by atoms with van der Waals surface area (Å²) in [5.74, 6) is 0.597. The molecular weight excluding hydrogens is 237 g/mol. The summed E-state index contributed by atoms with van der Waals surface area (Å²) in [6.45, 7) is 0.804. The normalized spacial score (nSPS) is 12.5. The maximum absolute atomic E-state index is 5.83. The lowest BCUT2D eigenvalue weighted by Crippen LogP contribution is -2.31. The van der Waals surface area contributed by atoms with E-state index in [9.17, 15) is 0 Å². The van der Waals surface area contributed by atoms with Crippen molar-refractivity contribution in [1.82, 2.24) is 0 Å². The zero-order chi connectivity index (χ0) is 11.3. The first-order valence-electron chi connectivity index (χ1n) is 4.47. The fourth-order valence-electron chi connectivity index (χ4n) is 1.13. The van der Waals surface area contributed by atoms with Gasteiger partial charge >= 0.3 is 0 Å². The molecule has 0 bridgehead atoms. The van der Waals surface area contributed by atoms with Crippen molar-refractivity contribution in [1.29, 1.82) is 0 Å². The number of nitrogens with two attached hydrogens (primary N) is 1. The zero-order valence-corrected chi connectivity index (χ0v) is 9.89. The first kappa shape index (κ1) is 12.6. The van der Waals surface area contributed by atoms with E-state index >= 15 is 0 Å². The van der Waals surface area contributed by atoms with E-state index in [1.807, 2.05) is 0 Å². The van der Waals surface area contributed by atoms with E-state index in [4.69, 9.17) is 38.4 Å². The van der Waals surface area contributed by atoms with Crippen molar-refractivity contribution >= 4 is 23.2 Å². The van der Waals surface area contributed by atoms with Crippen LogP contribution in [0, 0.1) is 0 Å². The van der Waals surface area contributed by atoms with Crippen LogP contribution >= 0.6 is 23.2 Å². The highest BCUT2D eigenvalue weighted by atomic mass is 35.5. The predicted octanol–water partition coefficient (Wildman–Crippen LogP) is 2.35. The minimum Gasteiger partial charge on any atom is -0.487 e. The van der Waals surface area contributed by atoms with Crippen LogP contribution in [0.15, 0.2) is 18.2 Å². The number of rotatable bonds is 5. The molecule has 3 nitrogen and oxygen atoms in total. The fraction of sp³-hybridized carbons (Fsp3) is 0.400. The molecule has 0 radical (unpaired) electrons. The average molecular weight is 250 g/mol. The van der Waals surface area contributed by atoms with Crippen LogP contribution in [0.1, 0.15) is 0 Å². The molecule has 1 aromatic rings. The van der Waals surface area contributed by atoms with Gasteiger partial charge in [-0.05, 0) is 18.2 Å². The Bertz CT molecular complexity index is 300. The molecule has 0 heterocycles. The van der Waals surface area contributed by atoms with Crippen LogP contribution in [-0.4, -0.2) is 26.4 Å². The van der Waals surface area contributed by atoms with E-state index in [2.05, 4.69) is 0 Å². The van der Waals surface area contributed by atoms with Crippen molar-refractivity contribution in [2.24, 2.45) is 5.73 Å². The number of hydrogen-bond acceptors (Lipinski definition) is 3. The quantitative estimate of drug-likeness (QED) is 0.872. The molecule has 5 heteroatoms. The first-order valence-corrected chi connectivity index (χ1v) is 5.23. The van der Waals surface area contributed by atoms with E-state index in [0.717, 1.165) is 0 Å². The molecule has 1 aromatic carbocycles. The van der Waals surface area contributed by atoms with Crippen molar-refractivity contribution < 1.29 is 9.47 Å². The molecule has 0 aliphatic heterocycles. The summed E-state index contributed by atoms with van der Waals surface area (Å²) in [6.07, 6.45) is -0.190. The minimum atomic E-state index is -0.190. The Hall–Kier alpha value is -0.480. The molecule has 0 saturated carbocycles. The maximum atomic E-state index is 5.83. The standard InChI is InChI=1S/C10H13Cl2NO2/c1-14-6-10(5-13)15-9-3-7(11)2-8(12)4-9/h2-4,10H,5-6,13H2,1H3. The van der Waals surface area contributed by atoms with Crippen LogP contribution in [0.2, 0.25) is 10.0 Å². The van der Waals surface area contributed by atoms with Crippen LogP contribution in [0.3, 0.4) is 0 Å². The summed E-state index contributed by atoms with van der Waals surface area (Å²) in [5.41, 5.74) is 5.51. The summed E-state index contributed by atoms with van der Waals surface area (Å²) in [5, 5.41) is 1.07. The number of ether oxygens (including phenoxy) is 2. The highest BCUT2D eigenvalue weighted by Gasteiger charge is 2.08. The second-order valence-corrected chi connectivity index (χ2v) is 3.91. The summed E-state index contributed by atoms with van der Waals surface area (Å²) in [6, 6.07) is 5.02. The van der Waals surface area contributed by atoms with Gasteiger partial charge in [0.2, 0.25) is 0 Å². The molecule has 1 atom stereocenters. The van der Waals surface area contributed by atoms with Crippen LogP contribution in [0.4, 0.5) is 0 Å². The molecule has 1 unspecified atom stereocenters. The highest BCUT2D eigenvalue weighted by Crippen LogP contribution is 2.24. The fourth-order valence-corrected chi connectivity index (χ4v) is 1.63. The number of hydrogen-bond donors (Lipinski definition) is 1. The van der Waals surface area contributed by atoms with Crippen molar-refractivity contribution in [3.05, 3.63) is 28.2 Å². The third-order valence-corrected chi connectivity index (χ3v) is 2.19. The Morgan fingerprint density at radius 2 is 1.87 bits per heavy atom. The Labute approximate surface area is 99.1 Å². The van der Waals surface area contributed by atoms with Gasteiger partial charge in [0, 0.05) is 23.7 Å². The van der Waals surface area contributed by atoms with Gasteiger partial charge in [-0.15, -0.1) is 0 Å². The van der Waals surface area contributed by atoms with E-state index in [1.165, 1.54) is 0 Å². The van der Waals surface area contributed by atoms with Gasteiger partial charge in [-0.1, -0.05) is 23.2 Å².